The molecule has 168 valence electrons. The molecule has 0 spiro atoms. The Morgan fingerprint density at radius 3 is 2.44 bits per heavy atom. The van der Waals surface area contributed by atoms with Gasteiger partial charge in [-0.2, -0.15) is 4.98 Å². The number of piperidine rings is 1. The Morgan fingerprint density at radius 1 is 1.09 bits per heavy atom. The van der Waals surface area contributed by atoms with Crippen molar-refractivity contribution in [3.63, 3.8) is 0 Å². The van der Waals surface area contributed by atoms with Gasteiger partial charge in [0.05, 0.1) is 5.92 Å². The Bertz CT molecular complexity index is 1060. The lowest BCUT2D eigenvalue weighted by molar-refractivity contribution is -0.152. The molecule has 1 saturated heterocycles. The predicted molar refractivity (Wildman–Crippen MR) is 124 cm³/mol. The highest BCUT2D eigenvalue weighted by Crippen LogP contribution is 2.27. The van der Waals surface area contributed by atoms with Crippen molar-refractivity contribution in [2.45, 2.75) is 39.0 Å². The number of hydrogen-bond donors (Lipinski definition) is 1. The van der Waals surface area contributed by atoms with Crippen molar-refractivity contribution in [1.82, 2.24) is 4.98 Å². The summed E-state index contributed by atoms with van der Waals surface area (Å²) in [5.74, 6) is -0.902. The van der Waals surface area contributed by atoms with Crippen LogP contribution in [0.1, 0.15) is 39.2 Å². The number of nitrogens with one attached hydrogen (secondary N) is 1. The van der Waals surface area contributed by atoms with Crippen LogP contribution in [0.5, 0.6) is 0 Å². The van der Waals surface area contributed by atoms with Crippen molar-refractivity contribution >= 4 is 34.7 Å². The average molecular weight is 436 g/mol. The fourth-order valence-corrected chi connectivity index (χ4v) is 3.81. The number of benzene rings is 2. The van der Waals surface area contributed by atoms with Crippen LogP contribution in [0.4, 0.5) is 11.7 Å². The molecule has 1 amide bonds. The monoisotopic (exact) mass is 435 g/mol. The van der Waals surface area contributed by atoms with Crippen LogP contribution in [0.2, 0.25) is 0 Å². The zero-order chi connectivity index (χ0) is 22.7. The van der Waals surface area contributed by atoms with E-state index in [1.54, 1.807) is 0 Å². The summed E-state index contributed by atoms with van der Waals surface area (Å²) < 4.78 is 11.1. The minimum absolute atomic E-state index is 0.0497. The largest absolute Gasteiger partial charge is 0.455 e. The number of carbonyl (C=O) groups is 2. The van der Waals surface area contributed by atoms with Gasteiger partial charge in [0, 0.05) is 18.8 Å². The summed E-state index contributed by atoms with van der Waals surface area (Å²) in [4.78, 5) is 31.2. The lowest BCUT2D eigenvalue weighted by atomic mass is 9.87. The number of carbonyl (C=O) groups excluding carboxylic acids is 2. The zero-order valence-electron chi connectivity index (χ0n) is 18.8. The van der Waals surface area contributed by atoms with E-state index in [2.05, 4.69) is 31.1 Å². The quantitative estimate of drug-likeness (QED) is 0.593. The Labute approximate surface area is 187 Å². The van der Waals surface area contributed by atoms with Crippen LogP contribution in [-0.4, -0.2) is 36.6 Å². The van der Waals surface area contributed by atoms with Crippen LogP contribution in [0.25, 0.3) is 11.1 Å². The zero-order valence-corrected chi connectivity index (χ0v) is 18.8. The number of anilines is 2. The number of rotatable bonds is 5. The second-order valence-electron chi connectivity index (χ2n) is 9.21. The minimum Gasteiger partial charge on any atom is -0.455 e. The molecule has 0 aliphatic carbocycles. The highest BCUT2D eigenvalue weighted by atomic mass is 16.5. The van der Waals surface area contributed by atoms with Crippen LogP contribution in [0, 0.1) is 5.92 Å². The van der Waals surface area contributed by atoms with E-state index in [-0.39, 0.29) is 29.8 Å². The van der Waals surface area contributed by atoms with Gasteiger partial charge in [0.2, 0.25) is 0 Å². The highest BCUT2D eigenvalue weighted by molar-refractivity contribution is 5.93. The molecule has 0 atom stereocenters. The molecule has 2 aromatic carbocycles. The Balaban J connectivity index is 1.23. The van der Waals surface area contributed by atoms with Gasteiger partial charge in [-0.15, -0.1) is 0 Å². The van der Waals surface area contributed by atoms with Gasteiger partial charge in [-0.1, -0.05) is 45.0 Å². The Kier molecular flexibility index (Phi) is 6.17. The number of hydrogen-bond acceptors (Lipinski definition) is 6. The first kappa shape index (κ1) is 21.9. The lowest BCUT2D eigenvalue weighted by Gasteiger charge is -2.29. The van der Waals surface area contributed by atoms with Gasteiger partial charge < -0.3 is 19.4 Å². The molecule has 32 heavy (non-hydrogen) atoms. The van der Waals surface area contributed by atoms with Gasteiger partial charge in [-0.25, -0.2) is 0 Å². The first-order valence-electron chi connectivity index (χ1n) is 11.0. The molecule has 1 aliphatic rings. The maximum Gasteiger partial charge on any atom is 0.309 e. The van der Waals surface area contributed by atoms with Crippen molar-refractivity contribution in [3.05, 3.63) is 54.1 Å². The number of oxazole rings is 1. The number of esters is 1. The van der Waals surface area contributed by atoms with Crippen LogP contribution in [0.3, 0.4) is 0 Å². The molecule has 3 aromatic rings. The smallest absolute Gasteiger partial charge is 0.309 e. The summed E-state index contributed by atoms with van der Waals surface area (Å²) in [6, 6.07) is 15.9. The van der Waals surface area contributed by atoms with E-state index in [0.717, 1.165) is 11.1 Å². The average Bonchev–Trinajstić information content (AvgIpc) is 3.22. The first-order chi connectivity index (χ1) is 15.3. The molecule has 1 aliphatic heterocycles. The summed E-state index contributed by atoms with van der Waals surface area (Å²) in [6.07, 6.45) is 1.26. The summed E-state index contributed by atoms with van der Waals surface area (Å²) in [5, 5.41) is 2.78. The second-order valence-corrected chi connectivity index (χ2v) is 9.21. The highest BCUT2D eigenvalue weighted by Gasteiger charge is 2.28. The fourth-order valence-electron chi connectivity index (χ4n) is 3.81. The predicted octanol–water partition coefficient (Wildman–Crippen LogP) is 4.52. The van der Waals surface area contributed by atoms with Gasteiger partial charge in [0.15, 0.2) is 12.2 Å². The van der Waals surface area contributed by atoms with E-state index in [1.807, 2.05) is 53.4 Å². The first-order valence-corrected chi connectivity index (χ1v) is 11.0. The van der Waals surface area contributed by atoms with Gasteiger partial charge >= 0.3 is 5.97 Å². The molecule has 7 nitrogen and oxygen atoms in total. The maximum atomic E-state index is 12.4. The molecule has 0 unspecified atom stereocenters. The summed E-state index contributed by atoms with van der Waals surface area (Å²) in [5.41, 5.74) is 3.50. The van der Waals surface area contributed by atoms with Crippen LogP contribution < -0.4 is 10.2 Å². The second kappa shape index (κ2) is 9.02. The molecule has 1 fully saturated rings. The molecular weight excluding hydrogens is 406 g/mol. The van der Waals surface area contributed by atoms with Crippen molar-refractivity contribution in [2.75, 3.05) is 29.9 Å². The van der Waals surface area contributed by atoms with E-state index in [1.165, 1.54) is 5.56 Å². The number of aromatic nitrogens is 1. The Morgan fingerprint density at radius 2 is 1.78 bits per heavy atom. The third-order valence-electron chi connectivity index (χ3n) is 5.76. The summed E-state index contributed by atoms with van der Waals surface area (Å²) >= 11 is 0. The van der Waals surface area contributed by atoms with Gasteiger partial charge in [-0.3, -0.25) is 9.59 Å². The molecule has 1 aromatic heterocycles. The maximum absolute atomic E-state index is 12.4. The van der Waals surface area contributed by atoms with Crippen molar-refractivity contribution < 1.29 is 18.7 Å². The molecule has 2 heterocycles. The number of amides is 1. The van der Waals surface area contributed by atoms with Gasteiger partial charge in [-0.05, 0) is 48.1 Å². The molecule has 7 heteroatoms. The van der Waals surface area contributed by atoms with Crippen LogP contribution in [-0.2, 0) is 19.7 Å². The van der Waals surface area contributed by atoms with E-state index in [9.17, 15) is 9.59 Å². The van der Waals surface area contributed by atoms with Crippen LogP contribution in [0.15, 0.2) is 52.9 Å². The SMILES string of the molecule is CC(C)(C)c1ccc(NC(=O)COC(=O)C2CCN(c3nc4ccccc4o3)CC2)cc1. The molecule has 0 bridgehead atoms. The van der Waals surface area contributed by atoms with Crippen molar-refractivity contribution in [2.24, 2.45) is 5.92 Å². The normalized spacial score (nSPS) is 15.0. The molecule has 1 N–H and O–H groups in total. The van der Waals surface area contributed by atoms with E-state index in [4.69, 9.17) is 9.15 Å². The van der Waals surface area contributed by atoms with E-state index in [0.29, 0.717) is 37.6 Å². The molecule has 4 rings (SSSR count). The summed E-state index contributed by atoms with van der Waals surface area (Å²) in [6.45, 7) is 7.43. The standard InChI is InChI=1S/C25H29N3O4/c1-25(2,3)18-8-10-19(11-9-18)26-22(29)16-31-23(30)17-12-14-28(15-13-17)24-27-20-6-4-5-7-21(20)32-24/h4-11,17H,12-16H2,1-3H3,(H,26,29). The van der Waals surface area contributed by atoms with E-state index >= 15 is 0 Å². The number of nitrogens with zero attached hydrogens (tertiary/aromatic N) is 2. The topological polar surface area (TPSA) is 84.7 Å². The fraction of sp³-hybridized carbons (Fsp3) is 0.400. The third kappa shape index (κ3) is 5.10. The number of para-hydroxylation sites is 2. The minimum atomic E-state index is -0.342. The lowest BCUT2D eigenvalue weighted by Crippen LogP contribution is -2.37. The van der Waals surface area contributed by atoms with Crippen molar-refractivity contribution in [3.8, 4) is 0 Å². The van der Waals surface area contributed by atoms with Gasteiger partial charge in [0.1, 0.15) is 5.52 Å². The molecule has 0 saturated carbocycles. The van der Waals surface area contributed by atoms with Crippen molar-refractivity contribution in [1.29, 1.82) is 0 Å². The molecular formula is C25H29N3O4. The third-order valence-corrected chi connectivity index (χ3v) is 5.76. The van der Waals surface area contributed by atoms with E-state index < -0.39 is 0 Å². The number of ether oxygens (including phenoxy) is 1. The Hall–Kier alpha value is -3.35. The van der Waals surface area contributed by atoms with Gasteiger partial charge in [0.25, 0.3) is 11.9 Å². The molecule has 0 radical (unpaired) electrons. The summed E-state index contributed by atoms with van der Waals surface area (Å²) in [7, 11) is 0. The number of fused-ring (bicyclic) bond motifs is 1. The van der Waals surface area contributed by atoms with Crippen LogP contribution >= 0.6 is 0 Å².